The molecule has 1 aromatic rings. The summed E-state index contributed by atoms with van der Waals surface area (Å²) in [5.74, 6) is -1.73. The van der Waals surface area contributed by atoms with E-state index in [1.54, 1.807) is 0 Å². The van der Waals surface area contributed by atoms with Crippen LogP contribution >= 0.6 is 22.3 Å². The summed E-state index contributed by atoms with van der Waals surface area (Å²) in [6.45, 7) is -0.159. The number of nitrogens with zero attached hydrogens (tertiary/aromatic N) is 1. The molecule has 1 heterocycles. The van der Waals surface area contributed by atoms with Crippen LogP contribution in [0.25, 0.3) is 0 Å². The van der Waals surface area contributed by atoms with Gasteiger partial charge in [0.05, 0.1) is 17.0 Å². The van der Waals surface area contributed by atoms with Crippen molar-refractivity contribution in [3.05, 3.63) is 28.8 Å². The lowest BCUT2D eigenvalue weighted by Gasteiger charge is -2.22. The molecule has 0 aliphatic carbocycles. The Morgan fingerprint density at radius 2 is 1.95 bits per heavy atom. The molecule has 4 nitrogen and oxygen atoms in total. The number of rotatable bonds is 3. The Bertz CT molecular complexity index is 706. The zero-order valence-corrected chi connectivity index (χ0v) is 13.2. The van der Waals surface area contributed by atoms with Crippen LogP contribution in [0.2, 0.25) is 5.02 Å². The number of halogens is 5. The lowest BCUT2D eigenvalue weighted by molar-refractivity contribution is -0.137. The number of benzene rings is 1. The van der Waals surface area contributed by atoms with Gasteiger partial charge in [0.1, 0.15) is 0 Å². The molecule has 1 aliphatic heterocycles. The molecule has 1 fully saturated rings. The van der Waals surface area contributed by atoms with Crippen molar-refractivity contribution in [1.82, 2.24) is 0 Å². The zero-order chi connectivity index (χ0) is 16.7. The van der Waals surface area contributed by atoms with Gasteiger partial charge in [-0.05, 0) is 18.2 Å². The summed E-state index contributed by atoms with van der Waals surface area (Å²) in [5, 5.41) is 0.0456. The van der Waals surface area contributed by atoms with Crippen molar-refractivity contribution >= 4 is 42.9 Å². The first-order chi connectivity index (χ1) is 9.97. The molecule has 1 atom stereocenters. The molecule has 1 aromatic carbocycles. The predicted octanol–water partition coefficient (Wildman–Crippen LogP) is 3.28. The molecular weight excluding hydrogens is 366 g/mol. The number of anilines is 1. The fraction of sp³-hybridized carbons (Fsp3) is 0.417. The van der Waals surface area contributed by atoms with Crippen molar-refractivity contribution in [3.8, 4) is 0 Å². The van der Waals surface area contributed by atoms with E-state index >= 15 is 0 Å². The minimum atomic E-state index is -4.66. The van der Waals surface area contributed by atoms with E-state index in [1.165, 1.54) is 0 Å². The largest absolute Gasteiger partial charge is 0.418 e. The molecule has 1 saturated heterocycles. The highest BCUT2D eigenvalue weighted by Gasteiger charge is 2.40. The van der Waals surface area contributed by atoms with Gasteiger partial charge >= 0.3 is 6.18 Å². The maximum absolute atomic E-state index is 13.0. The summed E-state index contributed by atoms with van der Waals surface area (Å²) in [6.07, 6.45) is -4.84. The minimum absolute atomic E-state index is 0.0456. The van der Waals surface area contributed by atoms with Gasteiger partial charge in [-0.25, -0.2) is 8.42 Å². The lowest BCUT2D eigenvalue weighted by atomic mass is 10.1. The van der Waals surface area contributed by atoms with E-state index in [0.29, 0.717) is 0 Å². The van der Waals surface area contributed by atoms with Crippen LogP contribution in [0.4, 0.5) is 18.9 Å². The second-order valence-electron chi connectivity index (χ2n) is 4.94. The standard InChI is InChI=1S/C12H10Cl2F3NO3S/c13-8-1-2-9(12(15,16)17)10(4-8)18-5-7(3-11(18)19)6-22(14,20)21/h1-2,4,7H,3,5-6H2. The van der Waals surface area contributed by atoms with Gasteiger partial charge in [-0.2, -0.15) is 13.2 Å². The van der Waals surface area contributed by atoms with Gasteiger partial charge in [0, 0.05) is 34.6 Å². The second-order valence-corrected chi connectivity index (χ2v) is 8.20. The van der Waals surface area contributed by atoms with Crippen molar-refractivity contribution in [2.75, 3.05) is 17.2 Å². The quantitative estimate of drug-likeness (QED) is 0.761. The van der Waals surface area contributed by atoms with Crippen LogP contribution in [-0.4, -0.2) is 26.6 Å². The Morgan fingerprint density at radius 3 is 2.50 bits per heavy atom. The normalized spacial score (nSPS) is 19.8. The second kappa shape index (κ2) is 5.90. The molecule has 0 aromatic heterocycles. The molecule has 0 radical (unpaired) electrons. The van der Waals surface area contributed by atoms with Crippen LogP contribution in [0, 0.1) is 5.92 Å². The minimum Gasteiger partial charge on any atom is -0.311 e. The lowest BCUT2D eigenvalue weighted by Crippen LogP contribution is -2.28. The third-order valence-corrected chi connectivity index (χ3v) is 4.68. The van der Waals surface area contributed by atoms with E-state index in [9.17, 15) is 26.4 Å². The first-order valence-corrected chi connectivity index (χ1v) is 8.92. The Morgan fingerprint density at radius 1 is 1.32 bits per heavy atom. The van der Waals surface area contributed by atoms with E-state index in [-0.39, 0.29) is 23.7 Å². The summed E-state index contributed by atoms with van der Waals surface area (Å²) in [5.41, 5.74) is -1.38. The molecule has 0 N–H and O–H groups in total. The topological polar surface area (TPSA) is 54.5 Å². The smallest absolute Gasteiger partial charge is 0.311 e. The first kappa shape index (κ1) is 17.4. The van der Waals surface area contributed by atoms with Gasteiger partial charge < -0.3 is 4.90 Å². The summed E-state index contributed by atoms with van der Waals surface area (Å²) in [6, 6.07) is 2.91. The van der Waals surface area contributed by atoms with Crippen molar-refractivity contribution in [2.24, 2.45) is 5.92 Å². The number of amides is 1. The van der Waals surface area contributed by atoms with Crippen LogP contribution < -0.4 is 4.90 Å². The van der Waals surface area contributed by atoms with Crippen molar-refractivity contribution in [2.45, 2.75) is 12.6 Å². The Hall–Kier alpha value is -0.990. The zero-order valence-electron chi connectivity index (χ0n) is 10.9. The average molecular weight is 376 g/mol. The van der Waals surface area contributed by atoms with Gasteiger partial charge in [-0.15, -0.1) is 0 Å². The predicted molar refractivity (Wildman–Crippen MR) is 76.6 cm³/mol. The molecule has 10 heteroatoms. The molecule has 122 valence electrons. The number of carbonyl (C=O) groups excluding carboxylic acids is 1. The number of carbonyl (C=O) groups is 1. The van der Waals surface area contributed by atoms with Crippen molar-refractivity contribution in [1.29, 1.82) is 0 Å². The van der Waals surface area contributed by atoms with Crippen molar-refractivity contribution in [3.63, 3.8) is 0 Å². The highest BCUT2D eigenvalue weighted by atomic mass is 35.7. The number of hydrogen-bond donors (Lipinski definition) is 0. The molecular formula is C12H10Cl2F3NO3S. The molecule has 1 aliphatic rings. The van der Waals surface area contributed by atoms with E-state index < -0.39 is 38.4 Å². The van der Waals surface area contributed by atoms with Gasteiger partial charge in [0.15, 0.2) is 0 Å². The monoisotopic (exact) mass is 375 g/mol. The fourth-order valence-electron chi connectivity index (χ4n) is 2.38. The van der Waals surface area contributed by atoms with E-state index in [1.807, 2.05) is 0 Å². The van der Waals surface area contributed by atoms with Gasteiger partial charge in [0.25, 0.3) is 0 Å². The third kappa shape index (κ3) is 4.05. The summed E-state index contributed by atoms with van der Waals surface area (Å²) in [7, 11) is 1.29. The van der Waals surface area contributed by atoms with Crippen LogP contribution in [0.3, 0.4) is 0 Å². The molecule has 0 saturated carbocycles. The summed E-state index contributed by atoms with van der Waals surface area (Å²) in [4.78, 5) is 12.8. The molecule has 1 unspecified atom stereocenters. The van der Waals surface area contributed by atoms with Crippen LogP contribution in [0.1, 0.15) is 12.0 Å². The maximum atomic E-state index is 13.0. The molecule has 0 spiro atoms. The fourth-order valence-corrected chi connectivity index (χ4v) is 3.86. The summed E-state index contributed by atoms with van der Waals surface area (Å²) >= 11 is 5.71. The van der Waals surface area contributed by atoms with Crippen molar-refractivity contribution < 1.29 is 26.4 Å². The Labute approximate surface area is 134 Å². The average Bonchev–Trinajstić information content (AvgIpc) is 2.65. The number of hydrogen-bond acceptors (Lipinski definition) is 3. The summed E-state index contributed by atoms with van der Waals surface area (Å²) < 4.78 is 61.2. The molecule has 1 amide bonds. The van der Waals surface area contributed by atoms with E-state index in [0.717, 1.165) is 23.1 Å². The SMILES string of the molecule is O=C1CC(CS(=O)(=O)Cl)CN1c1cc(Cl)ccc1C(F)(F)F. The first-order valence-electron chi connectivity index (χ1n) is 6.07. The van der Waals surface area contributed by atoms with Crippen LogP contribution in [-0.2, 0) is 20.0 Å². The highest BCUT2D eigenvalue weighted by Crippen LogP contribution is 2.40. The third-order valence-electron chi connectivity index (χ3n) is 3.20. The van der Waals surface area contributed by atoms with Gasteiger partial charge in [-0.1, -0.05) is 11.6 Å². The molecule has 0 bridgehead atoms. The van der Waals surface area contributed by atoms with E-state index in [4.69, 9.17) is 22.3 Å². The van der Waals surface area contributed by atoms with Gasteiger partial charge in [0.2, 0.25) is 15.0 Å². The highest BCUT2D eigenvalue weighted by molar-refractivity contribution is 8.13. The molecule has 2 rings (SSSR count). The van der Waals surface area contributed by atoms with E-state index in [2.05, 4.69) is 0 Å². The Kier molecular flexibility index (Phi) is 4.66. The van der Waals surface area contributed by atoms with Crippen LogP contribution in [0.15, 0.2) is 18.2 Å². The Balaban J connectivity index is 2.36. The maximum Gasteiger partial charge on any atom is 0.418 e. The number of alkyl halides is 3. The van der Waals surface area contributed by atoms with Crippen LogP contribution in [0.5, 0.6) is 0 Å². The van der Waals surface area contributed by atoms with Gasteiger partial charge in [-0.3, -0.25) is 4.79 Å². The molecule has 22 heavy (non-hydrogen) atoms.